The molecule has 0 saturated heterocycles. The first-order chi connectivity index (χ1) is 8.42. The summed E-state index contributed by atoms with van der Waals surface area (Å²) in [4.78, 5) is 13.3. The molecular weight excluding hydrogens is 232 g/mol. The van der Waals surface area contributed by atoms with E-state index in [2.05, 4.69) is 0 Å². The van der Waals surface area contributed by atoms with Gasteiger partial charge in [-0.15, -0.1) is 0 Å². The Labute approximate surface area is 107 Å². The summed E-state index contributed by atoms with van der Waals surface area (Å²) >= 11 is 0. The third-order valence-corrected chi connectivity index (χ3v) is 2.80. The minimum Gasteiger partial charge on any atom is -0.495 e. The van der Waals surface area contributed by atoms with Gasteiger partial charge >= 0.3 is 0 Å². The average Bonchev–Trinajstić information content (AvgIpc) is 2.35. The van der Waals surface area contributed by atoms with Crippen molar-refractivity contribution < 1.29 is 14.6 Å². The summed E-state index contributed by atoms with van der Waals surface area (Å²) in [5, 5.41) is 9.51. The van der Waals surface area contributed by atoms with Crippen LogP contribution < -0.4 is 15.4 Å². The molecule has 5 heteroatoms. The first kappa shape index (κ1) is 14.5. The van der Waals surface area contributed by atoms with Crippen molar-refractivity contribution in [3.63, 3.8) is 0 Å². The van der Waals surface area contributed by atoms with Gasteiger partial charge in [0.15, 0.2) is 0 Å². The molecule has 0 radical (unpaired) electrons. The van der Waals surface area contributed by atoms with E-state index in [9.17, 15) is 9.90 Å². The predicted octanol–water partition coefficient (Wildman–Crippen LogP) is 0.594. The van der Waals surface area contributed by atoms with Gasteiger partial charge in [0.25, 0.3) is 5.91 Å². The molecular formula is C13H20N2O3. The Balaban J connectivity index is 3.20. The molecule has 0 spiro atoms. The molecule has 18 heavy (non-hydrogen) atoms. The number of nitrogens with zero attached hydrogens (tertiary/aromatic N) is 1. The number of hydrogen-bond acceptors (Lipinski definition) is 4. The quantitative estimate of drug-likeness (QED) is 0.822. The van der Waals surface area contributed by atoms with E-state index in [0.29, 0.717) is 11.4 Å². The van der Waals surface area contributed by atoms with E-state index in [-0.39, 0.29) is 6.54 Å². The largest absolute Gasteiger partial charge is 0.495 e. The maximum atomic E-state index is 11.9. The number of rotatable bonds is 4. The van der Waals surface area contributed by atoms with Crippen molar-refractivity contribution in [1.29, 1.82) is 0 Å². The number of anilines is 1. The number of likely N-dealkylation sites (N-methyl/N-ethyl adjacent to an activating group) is 1. The van der Waals surface area contributed by atoms with Crippen LogP contribution in [0.2, 0.25) is 0 Å². The fraction of sp³-hybridized carbons (Fsp3) is 0.462. The number of benzene rings is 1. The van der Waals surface area contributed by atoms with Gasteiger partial charge in [0, 0.05) is 13.6 Å². The first-order valence-corrected chi connectivity index (χ1v) is 5.73. The normalized spacial score (nSPS) is 12.1. The van der Waals surface area contributed by atoms with Crippen molar-refractivity contribution in [3.8, 4) is 5.75 Å². The Morgan fingerprint density at radius 3 is 2.61 bits per heavy atom. The van der Waals surface area contributed by atoms with Crippen LogP contribution in [0.4, 0.5) is 5.69 Å². The second-order valence-corrected chi connectivity index (χ2v) is 4.28. The van der Waals surface area contributed by atoms with Gasteiger partial charge in [-0.3, -0.25) is 4.79 Å². The number of hydrogen-bond donors (Lipinski definition) is 2. The number of nitrogens with two attached hydrogens (primary N) is 1. The third-order valence-electron chi connectivity index (χ3n) is 2.80. The van der Waals surface area contributed by atoms with Crippen LogP contribution in [0.1, 0.15) is 11.1 Å². The van der Waals surface area contributed by atoms with Crippen LogP contribution in [0.5, 0.6) is 5.75 Å². The van der Waals surface area contributed by atoms with Crippen molar-refractivity contribution in [1.82, 2.24) is 0 Å². The minimum absolute atomic E-state index is 0.101. The van der Waals surface area contributed by atoms with Crippen LogP contribution in [0.15, 0.2) is 12.1 Å². The number of carbonyl (C=O) groups is 1. The molecule has 0 aromatic heterocycles. The summed E-state index contributed by atoms with van der Waals surface area (Å²) in [5.41, 5.74) is 7.90. The van der Waals surface area contributed by atoms with Crippen LogP contribution in [0.3, 0.4) is 0 Å². The van der Waals surface area contributed by atoms with Crippen molar-refractivity contribution in [2.24, 2.45) is 5.73 Å². The van der Waals surface area contributed by atoms with Gasteiger partial charge in [-0.2, -0.15) is 0 Å². The van der Waals surface area contributed by atoms with Crippen LogP contribution in [0.25, 0.3) is 0 Å². The summed E-state index contributed by atoms with van der Waals surface area (Å²) in [6, 6.07) is 3.80. The Morgan fingerprint density at radius 2 is 2.11 bits per heavy atom. The zero-order valence-corrected chi connectivity index (χ0v) is 11.2. The fourth-order valence-corrected chi connectivity index (χ4v) is 1.94. The molecule has 1 amide bonds. The molecule has 1 rings (SSSR count). The number of aliphatic hydroxyl groups excluding tert-OH is 1. The summed E-state index contributed by atoms with van der Waals surface area (Å²) in [7, 11) is 3.15. The monoisotopic (exact) mass is 252 g/mol. The maximum Gasteiger partial charge on any atom is 0.256 e. The summed E-state index contributed by atoms with van der Waals surface area (Å²) < 4.78 is 5.28. The molecule has 5 nitrogen and oxygen atoms in total. The van der Waals surface area contributed by atoms with Crippen molar-refractivity contribution >= 4 is 11.6 Å². The lowest BCUT2D eigenvalue weighted by Gasteiger charge is -2.24. The lowest BCUT2D eigenvalue weighted by atomic mass is 10.1. The molecule has 0 aliphatic carbocycles. The Hall–Kier alpha value is -1.59. The lowest BCUT2D eigenvalue weighted by molar-refractivity contribution is -0.125. The molecule has 100 valence electrons. The minimum atomic E-state index is -1.19. The molecule has 3 N–H and O–H groups in total. The number of methoxy groups -OCH3 is 1. The number of carbonyl (C=O) groups excluding carboxylic acids is 1. The topological polar surface area (TPSA) is 75.8 Å². The molecule has 1 aromatic carbocycles. The van der Waals surface area contributed by atoms with Gasteiger partial charge in [0.05, 0.1) is 12.8 Å². The van der Waals surface area contributed by atoms with Crippen LogP contribution in [-0.4, -0.2) is 37.8 Å². The van der Waals surface area contributed by atoms with Crippen molar-refractivity contribution in [2.45, 2.75) is 20.0 Å². The third kappa shape index (κ3) is 2.80. The smallest absolute Gasteiger partial charge is 0.256 e. The van der Waals surface area contributed by atoms with Gasteiger partial charge in [-0.25, -0.2) is 0 Å². The molecule has 1 aromatic rings. The second-order valence-electron chi connectivity index (χ2n) is 4.28. The highest BCUT2D eigenvalue weighted by Gasteiger charge is 2.23. The highest BCUT2D eigenvalue weighted by molar-refractivity contribution is 5.98. The summed E-state index contributed by atoms with van der Waals surface area (Å²) in [6.07, 6.45) is -1.19. The summed E-state index contributed by atoms with van der Waals surface area (Å²) in [6.45, 7) is 3.75. The van der Waals surface area contributed by atoms with E-state index in [1.165, 1.54) is 4.90 Å². The van der Waals surface area contributed by atoms with Gasteiger partial charge in [-0.05, 0) is 31.0 Å². The Kier molecular flexibility index (Phi) is 4.69. The number of aliphatic hydroxyl groups is 1. The highest BCUT2D eigenvalue weighted by Crippen LogP contribution is 2.32. The van der Waals surface area contributed by atoms with E-state index in [4.69, 9.17) is 10.5 Å². The summed E-state index contributed by atoms with van der Waals surface area (Å²) in [5.74, 6) is 0.162. The predicted molar refractivity (Wildman–Crippen MR) is 70.9 cm³/mol. The molecule has 1 atom stereocenters. The molecule has 0 saturated carbocycles. The number of ether oxygens (including phenoxy) is 1. The van der Waals surface area contributed by atoms with Gasteiger partial charge in [-0.1, -0.05) is 6.07 Å². The van der Waals surface area contributed by atoms with E-state index >= 15 is 0 Å². The average molecular weight is 252 g/mol. The zero-order valence-electron chi connectivity index (χ0n) is 11.2. The SMILES string of the molecule is COc1cc(C)cc(C)c1N(C)C(=O)C(O)CN. The van der Waals surface area contributed by atoms with Crippen molar-refractivity contribution in [2.75, 3.05) is 25.6 Å². The Morgan fingerprint density at radius 1 is 1.50 bits per heavy atom. The molecule has 0 heterocycles. The fourth-order valence-electron chi connectivity index (χ4n) is 1.94. The van der Waals surface area contributed by atoms with Crippen LogP contribution >= 0.6 is 0 Å². The Bertz CT molecular complexity index is 446. The number of amides is 1. The number of aryl methyl sites for hydroxylation is 2. The van der Waals surface area contributed by atoms with Gasteiger partial charge in [0.2, 0.25) is 0 Å². The molecule has 0 bridgehead atoms. The van der Waals surface area contributed by atoms with E-state index in [0.717, 1.165) is 11.1 Å². The zero-order chi connectivity index (χ0) is 13.9. The molecule has 1 unspecified atom stereocenters. The second kappa shape index (κ2) is 5.84. The van der Waals surface area contributed by atoms with E-state index in [1.54, 1.807) is 14.2 Å². The molecule has 0 fully saturated rings. The van der Waals surface area contributed by atoms with Gasteiger partial charge in [0.1, 0.15) is 11.9 Å². The van der Waals surface area contributed by atoms with Crippen LogP contribution in [0, 0.1) is 13.8 Å². The van der Waals surface area contributed by atoms with E-state index < -0.39 is 12.0 Å². The lowest BCUT2D eigenvalue weighted by Crippen LogP contribution is -2.41. The standard InChI is InChI=1S/C13H20N2O3/c1-8-5-9(2)12(11(6-8)18-4)15(3)13(17)10(16)7-14/h5-6,10,16H,7,14H2,1-4H3. The highest BCUT2D eigenvalue weighted by atomic mass is 16.5. The molecule has 0 aliphatic rings. The molecule has 0 aliphatic heterocycles. The first-order valence-electron chi connectivity index (χ1n) is 5.73. The van der Waals surface area contributed by atoms with Gasteiger partial charge < -0.3 is 20.5 Å². The maximum absolute atomic E-state index is 11.9. The van der Waals surface area contributed by atoms with E-state index in [1.807, 2.05) is 26.0 Å². The van der Waals surface area contributed by atoms with Crippen LogP contribution in [-0.2, 0) is 4.79 Å². The van der Waals surface area contributed by atoms with Crippen molar-refractivity contribution in [3.05, 3.63) is 23.3 Å².